The average molecular weight is 603 g/mol. The fourth-order valence-corrected chi connectivity index (χ4v) is 6.92. The van der Waals surface area contributed by atoms with E-state index in [1.54, 1.807) is 27.7 Å². The number of aromatic nitrogens is 3. The highest BCUT2D eigenvalue weighted by Crippen LogP contribution is 2.36. The molecule has 0 unspecified atom stereocenters. The molecule has 1 fully saturated rings. The van der Waals surface area contributed by atoms with Gasteiger partial charge in [0.05, 0.1) is 44.7 Å². The van der Waals surface area contributed by atoms with Gasteiger partial charge in [0.25, 0.3) is 5.91 Å². The first-order valence-corrected chi connectivity index (χ1v) is 14.9. The van der Waals surface area contributed by atoms with E-state index in [0.717, 1.165) is 0 Å². The van der Waals surface area contributed by atoms with Crippen molar-refractivity contribution < 1.29 is 18.3 Å². The second-order valence-corrected chi connectivity index (χ2v) is 12.4. The standard InChI is InChI=1S/C26H24Cl2N6O5S/c27-17-3-1-4-18(28)22(17)26(37)34-8-2-5-19(34)24-31-25(36)23(35)20-15-32(9-10-33(20)24)11-12-40(38,39)21-13-16(14-29)6-7-30-21/h1,3-4,6-7,13,19,35H,2,5,8-12,15H2/t19-/m0/s1. The third-order valence-corrected chi connectivity index (χ3v) is 9.37. The van der Waals surface area contributed by atoms with Crippen LogP contribution in [0.1, 0.15) is 46.3 Å². The van der Waals surface area contributed by atoms with E-state index in [1.165, 1.54) is 18.3 Å². The minimum atomic E-state index is -3.77. The van der Waals surface area contributed by atoms with E-state index in [1.807, 2.05) is 11.0 Å². The number of sulfone groups is 1. The zero-order valence-corrected chi connectivity index (χ0v) is 23.5. The lowest BCUT2D eigenvalue weighted by molar-refractivity contribution is 0.0723. The second-order valence-electron chi connectivity index (χ2n) is 9.56. The molecule has 1 amide bonds. The van der Waals surface area contributed by atoms with Crippen LogP contribution in [-0.4, -0.2) is 69.2 Å². The average Bonchev–Trinajstić information content (AvgIpc) is 3.43. The summed E-state index contributed by atoms with van der Waals surface area (Å²) in [5.41, 5.74) is -0.136. The molecule has 14 heteroatoms. The van der Waals surface area contributed by atoms with Crippen molar-refractivity contribution in [3.05, 3.63) is 79.6 Å². The molecule has 0 saturated carbocycles. The first kappa shape index (κ1) is 28.0. The number of carbonyl (C=O) groups is 1. The molecule has 0 aliphatic carbocycles. The quantitative estimate of drug-likeness (QED) is 0.449. The van der Waals surface area contributed by atoms with Gasteiger partial charge in [-0.2, -0.15) is 10.2 Å². The molecule has 11 nitrogen and oxygen atoms in total. The summed E-state index contributed by atoms with van der Waals surface area (Å²) in [6.45, 7) is 1.38. The van der Waals surface area contributed by atoms with Gasteiger partial charge in [0, 0.05) is 38.9 Å². The third-order valence-electron chi connectivity index (χ3n) is 7.15. The fourth-order valence-electron chi connectivity index (χ4n) is 5.12. The second kappa shape index (κ2) is 11.2. The Morgan fingerprint density at radius 2 is 1.93 bits per heavy atom. The summed E-state index contributed by atoms with van der Waals surface area (Å²) in [7, 11) is -3.77. The minimum Gasteiger partial charge on any atom is -0.502 e. The van der Waals surface area contributed by atoms with Gasteiger partial charge >= 0.3 is 5.56 Å². The van der Waals surface area contributed by atoms with Crippen molar-refractivity contribution in [1.29, 1.82) is 5.26 Å². The maximum absolute atomic E-state index is 13.5. The van der Waals surface area contributed by atoms with E-state index in [4.69, 9.17) is 28.5 Å². The highest BCUT2D eigenvalue weighted by Gasteiger charge is 2.37. The Morgan fingerprint density at radius 3 is 2.65 bits per heavy atom. The molecular formula is C26H24Cl2N6O5S. The van der Waals surface area contributed by atoms with Crippen molar-refractivity contribution in [2.45, 2.75) is 37.0 Å². The lowest BCUT2D eigenvalue weighted by Gasteiger charge is -2.34. The van der Waals surface area contributed by atoms with Crippen LogP contribution in [0, 0.1) is 11.3 Å². The van der Waals surface area contributed by atoms with Gasteiger partial charge in [0.15, 0.2) is 14.9 Å². The van der Waals surface area contributed by atoms with Crippen molar-refractivity contribution in [1.82, 2.24) is 24.3 Å². The van der Waals surface area contributed by atoms with Gasteiger partial charge in [-0.15, -0.1) is 0 Å². The Morgan fingerprint density at radius 1 is 1.18 bits per heavy atom. The molecule has 2 aliphatic heterocycles. The van der Waals surface area contributed by atoms with Gasteiger partial charge in [0.1, 0.15) is 5.82 Å². The highest BCUT2D eigenvalue weighted by molar-refractivity contribution is 7.91. The molecule has 1 aromatic carbocycles. The number of nitrogens with zero attached hydrogens (tertiary/aromatic N) is 6. The predicted molar refractivity (Wildman–Crippen MR) is 146 cm³/mol. The molecule has 3 aromatic rings. The number of pyridine rings is 1. The molecule has 2 aromatic heterocycles. The Bertz CT molecular complexity index is 1680. The van der Waals surface area contributed by atoms with Gasteiger partial charge in [-0.3, -0.25) is 14.5 Å². The first-order chi connectivity index (χ1) is 19.1. The molecule has 40 heavy (non-hydrogen) atoms. The SMILES string of the molecule is N#Cc1ccnc(S(=O)(=O)CCN2CCn3c([C@@H]4CCCN4C(=O)c4c(Cl)cccc4Cl)nc(=O)c(O)c3C2)c1. The van der Waals surface area contributed by atoms with Gasteiger partial charge in [-0.25, -0.2) is 13.4 Å². The van der Waals surface area contributed by atoms with E-state index in [-0.39, 0.29) is 50.9 Å². The van der Waals surface area contributed by atoms with Crippen molar-refractivity contribution in [3.63, 3.8) is 0 Å². The van der Waals surface area contributed by atoms with Crippen LogP contribution in [0.4, 0.5) is 0 Å². The zero-order valence-electron chi connectivity index (χ0n) is 21.1. The lowest BCUT2D eigenvalue weighted by atomic mass is 10.1. The molecular weight excluding hydrogens is 579 g/mol. The maximum atomic E-state index is 13.5. The van der Waals surface area contributed by atoms with Crippen molar-refractivity contribution in [2.75, 3.05) is 25.4 Å². The number of hydrogen-bond donors (Lipinski definition) is 1. The van der Waals surface area contributed by atoms with Crippen molar-refractivity contribution >= 4 is 38.9 Å². The summed E-state index contributed by atoms with van der Waals surface area (Å²) in [4.78, 5) is 37.7. The summed E-state index contributed by atoms with van der Waals surface area (Å²) in [6.07, 6.45) is 2.51. The largest absolute Gasteiger partial charge is 0.502 e. The van der Waals surface area contributed by atoms with Crippen LogP contribution in [0.5, 0.6) is 5.75 Å². The summed E-state index contributed by atoms with van der Waals surface area (Å²) in [5, 5.41) is 19.9. The number of halogens is 2. The summed E-state index contributed by atoms with van der Waals surface area (Å²) >= 11 is 12.6. The molecule has 1 saturated heterocycles. The number of aromatic hydroxyl groups is 1. The highest BCUT2D eigenvalue weighted by atomic mass is 35.5. The summed E-state index contributed by atoms with van der Waals surface area (Å²) in [5.74, 6) is -0.783. The molecule has 5 rings (SSSR count). The van der Waals surface area contributed by atoms with Gasteiger partial charge < -0.3 is 14.6 Å². The number of nitriles is 1. The number of hydrogen-bond acceptors (Lipinski definition) is 9. The zero-order chi connectivity index (χ0) is 28.6. The number of benzene rings is 1. The van der Waals surface area contributed by atoms with E-state index < -0.39 is 27.2 Å². The molecule has 2 aliphatic rings. The van der Waals surface area contributed by atoms with Gasteiger partial charge in [-0.1, -0.05) is 29.3 Å². The summed E-state index contributed by atoms with van der Waals surface area (Å²) in [6, 6.07) is 8.85. The van der Waals surface area contributed by atoms with Crippen molar-refractivity contribution in [2.24, 2.45) is 0 Å². The fraction of sp³-hybridized carbons (Fsp3) is 0.346. The molecule has 1 N–H and O–H groups in total. The van der Waals surface area contributed by atoms with E-state index in [0.29, 0.717) is 44.0 Å². The van der Waals surface area contributed by atoms with Crippen molar-refractivity contribution in [3.8, 4) is 11.8 Å². The lowest BCUT2D eigenvalue weighted by Crippen LogP contribution is -2.41. The number of fused-ring (bicyclic) bond motifs is 1. The van der Waals surface area contributed by atoms with Crippen LogP contribution >= 0.6 is 23.2 Å². The molecule has 4 heterocycles. The Labute approximate surface area is 240 Å². The van der Waals surface area contributed by atoms with E-state index in [2.05, 4.69) is 9.97 Å². The number of likely N-dealkylation sites (tertiary alicyclic amines) is 1. The molecule has 0 radical (unpaired) electrons. The topological polar surface area (TPSA) is 149 Å². The third kappa shape index (κ3) is 5.30. The Balaban J connectivity index is 1.39. The number of carbonyl (C=O) groups excluding carboxylic acids is 1. The molecule has 0 bridgehead atoms. The Kier molecular flexibility index (Phi) is 7.83. The number of rotatable bonds is 6. The monoisotopic (exact) mass is 602 g/mol. The maximum Gasteiger partial charge on any atom is 0.315 e. The predicted octanol–water partition coefficient (Wildman–Crippen LogP) is 2.79. The van der Waals surface area contributed by atoms with Crippen LogP contribution in [-0.2, 0) is 22.9 Å². The number of amides is 1. The summed E-state index contributed by atoms with van der Waals surface area (Å²) < 4.78 is 27.4. The first-order valence-electron chi connectivity index (χ1n) is 12.5. The normalized spacial score (nSPS) is 17.4. The van der Waals surface area contributed by atoms with Gasteiger partial charge in [0.2, 0.25) is 5.75 Å². The smallest absolute Gasteiger partial charge is 0.315 e. The van der Waals surface area contributed by atoms with Crippen LogP contribution in [0.25, 0.3) is 0 Å². The Hall–Kier alpha value is -3.50. The van der Waals surface area contributed by atoms with Crippen LogP contribution in [0.2, 0.25) is 10.0 Å². The molecule has 0 spiro atoms. The van der Waals surface area contributed by atoms with Crippen LogP contribution in [0.3, 0.4) is 0 Å². The molecule has 208 valence electrons. The van der Waals surface area contributed by atoms with E-state index in [9.17, 15) is 23.1 Å². The van der Waals surface area contributed by atoms with Gasteiger partial charge in [-0.05, 0) is 37.1 Å². The van der Waals surface area contributed by atoms with Crippen LogP contribution in [0.15, 0.2) is 46.3 Å². The minimum absolute atomic E-state index is 0.106. The van der Waals surface area contributed by atoms with E-state index >= 15 is 0 Å². The molecule has 1 atom stereocenters. The van der Waals surface area contributed by atoms with Crippen LogP contribution < -0.4 is 5.56 Å².